The maximum Gasteiger partial charge on any atom is 0.339 e. The second-order valence-electron chi connectivity index (χ2n) is 4.75. The minimum absolute atomic E-state index is 0.256. The molecular weight excluding hydrogens is 305 g/mol. The number of amides is 2. The molecule has 0 bridgehead atoms. The number of carbonyl (C=O) groups is 1. The third kappa shape index (κ3) is 4.37. The Morgan fingerprint density at radius 1 is 1.50 bits per heavy atom. The van der Waals surface area contributed by atoms with Crippen LogP contribution >= 0.6 is 11.3 Å². The van der Waals surface area contributed by atoms with Crippen LogP contribution in [0, 0.1) is 5.82 Å². The summed E-state index contributed by atoms with van der Waals surface area (Å²) in [6, 6.07) is 4.89. The van der Waals surface area contributed by atoms with E-state index in [1.807, 2.05) is 0 Å². The molecule has 1 aromatic heterocycles. The summed E-state index contributed by atoms with van der Waals surface area (Å²) < 4.78 is 12.9. The molecule has 116 valence electrons. The van der Waals surface area contributed by atoms with Gasteiger partial charge in [0.05, 0.1) is 6.04 Å². The van der Waals surface area contributed by atoms with Crippen molar-refractivity contribution in [1.82, 2.24) is 10.0 Å². The van der Waals surface area contributed by atoms with Gasteiger partial charge in [-0.3, -0.25) is 5.21 Å². The van der Waals surface area contributed by atoms with E-state index in [9.17, 15) is 14.4 Å². The first-order valence-corrected chi connectivity index (χ1v) is 7.42. The summed E-state index contributed by atoms with van der Waals surface area (Å²) in [5.74, 6) is -0.256. The van der Waals surface area contributed by atoms with Crippen LogP contribution in [0.25, 0.3) is 6.08 Å². The van der Waals surface area contributed by atoms with Crippen molar-refractivity contribution >= 4 is 23.4 Å². The van der Waals surface area contributed by atoms with Gasteiger partial charge in [-0.25, -0.2) is 14.2 Å². The maximum atomic E-state index is 12.9. The van der Waals surface area contributed by atoms with Crippen molar-refractivity contribution in [2.24, 2.45) is 5.73 Å². The van der Waals surface area contributed by atoms with Crippen molar-refractivity contribution < 1.29 is 14.4 Å². The molecule has 5 nitrogen and oxygen atoms in total. The van der Waals surface area contributed by atoms with E-state index in [4.69, 9.17) is 5.73 Å². The van der Waals surface area contributed by atoms with E-state index < -0.39 is 12.1 Å². The van der Waals surface area contributed by atoms with Crippen LogP contribution in [0.2, 0.25) is 0 Å². The van der Waals surface area contributed by atoms with Gasteiger partial charge in [0.25, 0.3) is 0 Å². The van der Waals surface area contributed by atoms with Crippen LogP contribution in [-0.4, -0.2) is 27.3 Å². The first-order valence-electron chi connectivity index (χ1n) is 6.60. The van der Waals surface area contributed by atoms with E-state index in [-0.39, 0.29) is 5.82 Å². The molecule has 1 unspecified atom stereocenters. The Morgan fingerprint density at radius 2 is 2.18 bits per heavy atom. The summed E-state index contributed by atoms with van der Waals surface area (Å²) in [6.07, 6.45) is 5.78. The fourth-order valence-electron chi connectivity index (χ4n) is 1.79. The first kappa shape index (κ1) is 16.1. The predicted molar refractivity (Wildman–Crippen MR) is 83.0 cm³/mol. The summed E-state index contributed by atoms with van der Waals surface area (Å²) in [5, 5.41) is 10.6. The highest BCUT2D eigenvalue weighted by molar-refractivity contribution is 7.12. The van der Waals surface area contributed by atoms with Crippen LogP contribution in [0.5, 0.6) is 0 Å². The van der Waals surface area contributed by atoms with Gasteiger partial charge in [0.2, 0.25) is 0 Å². The van der Waals surface area contributed by atoms with Crippen molar-refractivity contribution in [2.45, 2.75) is 19.4 Å². The van der Waals surface area contributed by atoms with Crippen molar-refractivity contribution in [3.05, 3.63) is 57.8 Å². The molecule has 22 heavy (non-hydrogen) atoms. The molecule has 1 aromatic carbocycles. The standard InChI is InChI=1S/C15H16FN3O2S/c1-10(19(21)15(17)20)2-7-14-18-9-13(22-14)8-11-3-5-12(16)6-4-11/h2-7,9-10,21H,8H2,1H3,(H2,17,20)/b7-2-. The molecule has 0 aliphatic rings. The monoisotopic (exact) mass is 321 g/mol. The number of nitrogens with zero attached hydrogens (tertiary/aromatic N) is 2. The SMILES string of the molecule is CC(/C=C\c1ncc(Cc2ccc(F)cc2)s1)N(O)C(N)=O. The summed E-state index contributed by atoms with van der Waals surface area (Å²) in [6.45, 7) is 1.63. The lowest BCUT2D eigenvalue weighted by molar-refractivity contribution is -0.0560. The van der Waals surface area contributed by atoms with Crippen LogP contribution in [-0.2, 0) is 6.42 Å². The zero-order chi connectivity index (χ0) is 16.1. The van der Waals surface area contributed by atoms with E-state index in [1.54, 1.807) is 37.4 Å². The molecule has 0 fully saturated rings. The number of thiazole rings is 1. The molecule has 7 heteroatoms. The van der Waals surface area contributed by atoms with Crippen LogP contribution in [0.3, 0.4) is 0 Å². The van der Waals surface area contributed by atoms with Gasteiger partial charge < -0.3 is 5.73 Å². The topological polar surface area (TPSA) is 79.4 Å². The molecular formula is C15H16FN3O2S. The number of rotatable bonds is 5. The molecule has 2 amide bonds. The van der Waals surface area contributed by atoms with Crippen LogP contribution in [0.15, 0.2) is 36.5 Å². The van der Waals surface area contributed by atoms with Crippen LogP contribution in [0.1, 0.15) is 22.4 Å². The fourth-order valence-corrected chi connectivity index (χ4v) is 2.65. The normalized spacial score (nSPS) is 12.5. The summed E-state index contributed by atoms with van der Waals surface area (Å²) in [4.78, 5) is 16.1. The predicted octanol–water partition coefficient (Wildman–Crippen LogP) is 3.04. The quantitative estimate of drug-likeness (QED) is 0.656. The molecule has 0 aliphatic carbocycles. The minimum atomic E-state index is -0.909. The van der Waals surface area contributed by atoms with E-state index in [2.05, 4.69) is 4.98 Å². The number of primary amides is 1. The Hall–Kier alpha value is -2.25. The average Bonchev–Trinajstić information content (AvgIpc) is 2.94. The van der Waals surface area contributed by atoms with E-state index in [0.29, 0.717) is 11.5 Å². The van der Waals surface area contributed by atoms with Gasteiger partial charge in [0.1, 0.15) is 10.8 Å². The van der Waals surface area contributed by atoms with E-state index in [0.717, 1.165) is 15.4 Å². The lowest BCUT2D eigenvalue weighted by atomic mass is 10.1. The van der Waals surface area contributed by atoms with Crippen LogP contribution < -0.4 is 5.73 Å². The Kier molecular flexibility index (Phi) is 5.24. The second kappa shape index (κ2) is 7.15. The maximum absolute atomic E-state index is 12.9. The van der Waals surface area contributed by atoms with Gasteiger partial charge in [-0.1, -0.05) is 18.2 Å². The highest BCUT2D eigenvalue weighted by atomic mass is 32.1. The number of aromatic nitrogens is 1. The molecule has 0 spiro atoms. The molecule has 0 saturated carbocycles. The number of benzene rings is 1. The number of hydrogen-bond acceptors (Lipinski definition) is 4. The highest BCUT2D eigenvalue weighted by Gasteiger charge is 2.11. The summed E-state index contributed by atoms with van der Waals surface area (Å²) >= 11 is 1.49. The van der Waals surface area contributed by atoms with Crippen molar-refractivity contribution in [2.75, 3.05) is 0 Å². The van der Waals surface area contributed by atoms with E-state index in [1.165, 1.54) is 23.5 Å². The third-order valence-electron chi connectivity index (χ3n) is 2.99. The number of nitrogens with two attached hydrogens (primary N) is 1. The molecule has 3 N–H and O–H groups in total. The van der Waals surface area contributed by atoms with Crippen molar-refractivity contribution in [3.63, 3.8) is 0 Å². The van der Waals surface area contributed by atoms with Gasteiger partial charge >= 0.3 is 6.03 Å². The Balaban J connectivity index is 1.99. The summed E-state index contributed by atoms with van der Waals surface area (Å²) in [7, 11) is 0. The van der Waals surface area contributed by atoms with Crippen LogP contribution in [0.4, 0.5) is 9.18 Å². The molecule has 2 rings (SSSR count). The van der Waals surface area contributed by atoms with Gasteiger partial charge in [0.15, 0.2) is 0 Å². The lowest BCUT2D eigenvalue weighted by Crippen LogP contribution is -2.38. The third-order valence-corrected chi connectivity index (χ3v) is 3.95. The first-order chi connectivity index (χ1) is 10.5. The largest absolute Gasteiger partial charge is 0.350 e. The Morgan fingerprint density at radius 3 is 2.82 bits per heavy atom. The fraction of sp³-hybridized carbons (Fsp3) is 0.200. The molecule has 0 saturated heterocycles. The smallest absolute Gasteiger partial charge is 0.339 e. The van der Waals surface area contributed by atoms with Gasteiger partial charge in [-0.2, -0.15) is 5.06 Å². The average molecular weight is 321 g/mol. The molecule has 1 atom stereocenters. The number of hydrogen-bond donors (Lipinski definition) is 2. The van der Waals surface area contributed by atoms with E-state index >= 15 is 0 Å². The molecule has 2 aromatic rings. The molecule has 0 radical (unpaired) electrons. The van der Waals surface area contributed by atoms with Gasteiger partial charge in [-0.05, 0) is 30.7 Å². The van der Waals surface area contributed by atoms with Gasteiger partial charge in [-0.15, -0.1) is 11.3 Å². The second-order valence-corrected chi connectivity index (χ2v) is 5.90. The number of carbonyl (C=O) groups excluding carboxylic acids is 1. The Labute approximate surface area is 131 Å². The molecule has 1 heterocycles. The Bertz CT molecular complexity index is 670. The van der Waals surface area contributed by atoms with Crippen molar-refractivity contribution in [1.29, 1.82) is 0 Å². The number of urea groups is 1. The highest BCUT2D eigenvalue weighted by Crippen LogP contribution is 2.19. The van der Waals surface area contributed by atoms with Crippen molar-refractivity contribution in [3.8, 4) is 0 Å². The zero-order valence-corrected chi connectivity index (χ0v) is 12.8. The zero-order valence-electron chi connectivity index (χ0n) is 11.9. The number of hydroxylamine groups is 2. The van der Waals surface area contributed by atoms with Gasteiger partial charge in [0, 0.05) is 17.5 Å². The lowest BCUT2D eigenvalue weighted by Gasteiger charge is -2.16. The molecule has 0 aliphatic heterocycles. The summed E-state index contributed by atoms with van der Waals surface area (Å²) in [5.41, 5.74) is 5.97. The minimum Gasteiger partial charge on any atom is -0.350 e. The number of halogens is 1.